The van der Waals surface area contributed by atoms with Crippen LogP contribution < -0.4 is 10.6 Å². The number of aromatic nitrogens is 2. The van der Waals surface area contributed by atoms with Crippen molar-refractivity contribution in [3.05, 3.63) is 83.4 Å². The minimum absolute atomic E-state index is 0.0654. The van der Waals surface area contributed by atoms with Gasteiger partial charge in [0.1, 0.15) is 5.82 Å². The number of hydrogen-bond donors (Lipinski definition) is 2. The molecule has 150 valence electrons. The smallest absolute Gasteiger partial charge is 0.258 e. The van der Waals surface area contributed by atoms with Crippen molar-refractivity contribution in [1.29, 1.82) is 0 Å². The lowest BCUT2D eigenvalue weighted by atomic mass is 9.87. The van der Waals surface area contributed by atoms with Crippen LogP contribution in [-0.2, 0) is 11.8 Å². The Bertz CT molecular complexity index is 946. The number of carbonyl (C=O) groups excluding carboxylic acids is 1. The normalized spacial score (nSPS) is 11.2. The zero-order chi connectivity index (χ0) is 20.9. The fraction of sp³-hybridized carbons (Fsp3) is 0.261. The monoisotopic (exact) mass is 392 g/mol. The first-order chi connectivity index (χ1) is 13.8. The first-order valence-electron chi connectivity index (χ1n) is 9.53. The molecule has 0 radical (unpaired) electrons. The standard InChI is InChI=1S/C23H25FN4O/c1-23(2,3)18-6-10-20(11-7-18)28-21(29)17-14-26-22(27-15-17)25-13-12-16-4-8-19(24)9-5-16/h4-11,14-15H,12-13H2,1-3H3,(H,28,29)(H,25,26,27). The van der Waals surface area contributed by atoms with Crippen molar-refractivity contribution in [3.8, 4) is 0 Å². The molecule has 3 aromatic rings. The number of nitrogens with zero attached hydrogens (tertiary/aromatic N) is 2. The molecule has 0 aliphatic rings. The third-order valence-electron chi connectivity index (χ3n) is 4.53. The number of carbonyl (C=O) groups is 1. The lowest BCUT2D eigenvalue weighted by Gasteiger charge is -2.19. The number of benzene rings is 2. The summed E-state index contributed by atoms with van der Waals surface area (Å²) in [7, 11) is 0. The van der Waals surface area contributed by atoms with E-state index >= 15 is 0 Å². The van der Waals surface area contributed by atoms with Crippen LogP contribution in [0.4, 0.5) is 16.0 Å². The van der Waals surface area contributed by atoms with Gasteiger partial charge in [0.15, 0.2) is 0 Å². The summed E-state index contributed by atoms with van der Waals surface area (Å²) in [6.07, 6.45) is 3.70. The van der Waals surface area contributed by atoms with Gasteiger partial charge < -0.3 is 10.6 Å². The van der Waals surface area contributed by atoms with E-state index in [0.717, 1.165) is 17.7 Å². The van der Waals surface area contributed by atoms with E-state index in [1.54, 1.807) is 12.1 Å². The zero-order valence-corrected chi connectivity index (χ0v) is 16.9. The number of hydrogen-bond acceptors (Lipinski definition) is 4. The molecule has 5 nitrogen and oxygen atoms in total. The summed E-state index contributed by atoms with van der Waals surface area (Å²) in [5.74, 6) is -0.0615. The van der Waals surface area contributed by atoms with Gasteiger partial charge in [0.2, 0.25) is 5.95 Å². The summed E-state index contributed by atoms with van der Waals surface area (Å²) in [4.78, 5) is 20.8. The second-order valence-corrected chi connectivity index (χ2v) is 7.88. The Balaban J connectivity index is 1.52. The molecule has 0 saturated heterocycles. The van der Waals surface area contributed by atoms with E-state index in [1.807, 2.05) is 24.3 Å². The zero-order valence-electron chi connectivity index (χ0n) is 16.9. The highest BCUT2D eigenvalue weighted by Gasteiger charge is 2.13. The van der Waals surface area contributed by atoms with Crippen molar-refractivity contribution in [2.45, 2.75) is 32.6 Å². The molecule has 0 aliphatic heterocycles. The maximum atomic E-state index is 12.9. The SMILES string of the molecule is CC(C)(C)c1ccc(NC(=O)c2cnc(NCCc3ccc(F)cc3)nc2)cc1. The number of halogens is 1. The molecule has 0 fully saturated rings. The molecule has 1 heterocycles. The van der Waals surface area contributed by atoms with Crippen molar-refractivity contribution >= 4 is 17.5 Å². The Labute approximate surface area is 170 Å². The third kappa shape index (κ3) is 5.85. The van der Waals surface area contributed by atoms with Crippen LogP contribution in [0.15, 0.2) is 60.9 Å². The van der Waals surface area contributed by atoms with Crippen molar-refractivity contribution in [1.82, 2.24) is 9.97 Å². The summed E-state index contributed by atoms with van der Waals surface area (Å²) in [6, 6.07) is 14.2. The Morgan fingerprint density at radius 3 is 2.17 bits per heavy atom. The minimum atomic E-state index is -0.258. The highest BCUT2D eigenvalue weighted by Crippen LogP contribution is 2.23. The Hall–Kier alpha value is -3.28. The van der Waals surface area contributed by atoms with Crippen molar-refractivity contribution < 1.29 is 9.18 Å². The van der Waals surface area contributed by atoms with E-state index < -0.39 is 0 Å². The number of anilines is 2. The number of rotatable bonds is 6. The van der Waals surface area contributed by atoms with Crippen LogP contribution in [0.3, 0.4) is 0 Å². The van der Waals surface area contributed by atoms with Crippen LogP contribution in [0.1, 0.15) is 42.3 Å². The first-order valence-corrected chi connectivity index (χ1v) is 9.53. The fourth-order valence-electron chi connectivity index (χ4n) is 2.76. The van der Waals surface area contributed by atoms with Crippen LogP contribution in [0.2, 0.25) is 0 Å². The summed E-state index contributed by atoms with van der Waals surface area (Å²) >= 11 is 0. The number of amides is 1. The van der Waals surface area contributed by atoms with Crippen LogP contribution in [0.5, 0.6) is 0 Å². The molecule has 0 saturated carbocycles. The summed E-state index contributed by atoms with van der Waals surface area (Å²) in [6.45, 7) is 7.05. The van der Waals surface area contributed by atoms with E-state index in [2.05, 4.69) is 41.4 Å². The molecular formula is C23H25FN4O. The minimum Gasteiger partial charge on any atom is -0.354 e. The highest BCUT2D eigenvalue weighted by atomic mass is 19.1. The van der Waals surface area contributed by atoms with Crippen molar-refractivity contribution in [2.24, 2.45) is 0 Å². The van der Waals surface area contributed by atoms with E-state index in [4.69, 9.17) is 0 Å². The molecule has 2 aromatic carbocycles. The van der Waals surface area contributed by atoms with Gasteiger partial charge in [-0.3, -0.25) is 4.79 Å². The molecule has 3 rings (SSSR count). The van der Waals surface area contributed by atoms with Crippen LogP contribution in [-0.4, -0.2) is 22.4 Å². The van der Waals surface area contributed by atoms with Gasteiger partial charge in [0, 0.05) is 24.6 Å². The maximum absolute atomic E-state index is 12.9. The van der Waals surface area contributed by atoms with Crippen molar-refractivity contribution in [2.75, 3.05) is 17.2 Å². The second-order valence-electron chi connectivity index (χ2n) is 7.88. The lowest BCUT2D eigenvalue weighted by Crippen LogP contribution is -2.15. The molecule has 0 aliphatic carbocycles. The van der Waals surface area contributed by atoms with E-state index in [-0.39, 0.29) is 17.1 Å². The van der Waals surface area contributed by atoms with Gasteiger partial charge in [0.25, 0.3) is 5.91 Å². The predicted octanol–water partition coefficient (Wildman–Crippen LogP) is 4.82. The Kier molecular flexibility index (Phi) is 6.22. The highest BCUT2D eigenvalue weighted by molar-refractivity contribution is 6.03. The first kappa shape index (κ1) is 20.5. The molecule has 29 heavy (non-hydrogen) atoms. The predicted molar refractivity (Wildman–Crippen MR) is 114 cm³/mol. The van der Waals surface area contributed by atoms with Crippen LogP contribution in [0, 0.1) is 5.82 Å². The second kappa shape index (κ2) is 8.82. The molecule has 1 amide bonds. The Morgan fingerprint density at radius 1 is 0.966 bits per heavy atom. The molecule has 2 N–H and O–H groups in total. The Morgan fingerprint density at radius 2 is 1.59 bits per heavy atom. The van der Waals surface area contributed by atoms with Gasteiger partial charge in [0.05, 0.1) is 5.56 Å². The maximum Gasteiger partial charge on any atom is 0.258 e. The summed E-state index contributed by atoms with van der Waals surface area (Å²) in [5.41, 5.74) is 3.40. The van der Waals surface area contributed by atoms with Gasteiger partial charge in [-0.2, -0.15) is 0 Å². The van der Waals surface area contributed by atoms with E-state index in [1.165, 1.54) is 30.1 Å². The molecular weight excluding hydrogens is 367 g/mol. The average Bonchev–Trinajstić information content (AvgIpc) is 2.70. The molecule has 0 spiro atoms. The molecule has 0 unspecified atom stereocenters. The van der Waals surface area contributed by atoms with Crippen LogP contribution in [0.25, 0.3) is 0 Å². The van der Waals surface area contributed by atoms with E-state index in [9.17, 15) is 9.18 Å². The molecule has 6 heteroatoms. The van der Waals surface area contributed by atoms with Gasteiger partial charge >= 0.3 is 0 Å². The van der Waals surface area contributed by atoms with Crippen molar-refractivity contribution in [3.63, 3.8) is 0 Å². The third-order valence-corrected chi connectivity index (χ3v) is 4.53. The topological polar surface area (TPSA) is 66.9 Å². The largest absolute Gasteiger partial charge is 0.354 e. The van der Waals surface area contributed by atoms with Crippen LogP contribution >= 0.6 is 0 Å². The number of nitrogens with one attached hydrogen (secondary N) is 2. The van der Waals surface area contributed by atoms with Gasteiger partial charge in [-0.05, 0) is 47.2 Å². The lowest BCUT2D eigenvalue weighted by molar-refractivity contribution is 0.102. The summed E-state index contributed by atoms with van der Waals surface area (Å²) in [5, 5.41) is 5.95. The molecule has 1 aromatic heterocycles. The average molecular weight is 392 g/mol. The van der Waals surface area contributed by atoms with Gasteiger partial charge in [-0.15, -0.1) is 0 Å². The van der Waals surface area contributed by atoms with Gasteiger partial charge in [-0.25, -0.2) is 14.4 Å². The van der Waals surface area contributed by atoms with Gasteiger partial charge in [-0.1, -0.05) is 45.0 Å². The fourth-order valence-corrected chi connectivity index (χ4v) is 2.76. The quantitative estimate of drug-likeness (QED) is 0.631. The van der Waals surface area contributed by atoms with E-state index in [0.29, 0.717) is 18.1 Å². The summed E-state index contributed by atoms with van der Waals surface area (Å²) < 4.78 is 12.9. The molecule has 0 bridgehead atoms. The molecule has 0 atom stereocenters.